The molecule has 1 nitrogen and oxygen atoms in total. The van der Waals surface area contributed by atoms with Crippen LogP contribution in [0.1, 0.15) is 63.9 Å². The molecule has 0 amide bonds. The lowest BCUT2D eigenvalue weighted by atomic mass is 9.79. The summed E-state index contributed by atoms with van der Waals surface area (Å²) in [5, 5.41) is 0. The van der Waals surface area contributed by atoms with Gasteiger partial charge in [0, 0.05) is 5.56 Å². The third kappa shape index (κ3) is 8.07. The average Bonchev–Trinajstić information content (AvgIpc) is 2.61. The number of alkyl halides is 3. The van der Waals surface area contributed by atoms with Crippen LogP contribution in [0.2, 0.25) is 0 Å². The summed E-state index contributed by atoms with van der Waals surface area (Å²) in [6.45, 7) is 2.22. The Morgan fingerprint density at radius 1 is 1.15 bits per heavy atom. The summed E-state index contributed by atoms with van der Waals surface area (Å²) in [5.74, 6) is 5.04. The van der Waals surface area contributed by atoms with Crippen molar-refractivity contribution in [3.8, 4) is 17.6 Å². The SMILES string of the molecule is CCCCC[C@H]1CC[C@H](C=CC#Cc2ccc(OC(F)(F)F)c(F)c2)CC1. The van der Waals surface area contributed by atoms with Crippen molar-refractivity contribution in [2.24, 2.45) is 11.8 Å². The van der Waals surface area contributed by atoms with E-state index in [2.05, 4.69) is 29.6 Å². The van der Waals surface area contributed by atoms with Gasteiger partial charge in [0.15, 0.2) is 11.6 Å². The lowest BCUT2D eigenvalue weighted by molar-refractivity contribution is -0.275. The molecule has 1 fully saturated rings. The van der Waals surface area contributed by atoms with Crippen molar-refractivity contribution in [3.63, 3.8) is 0 Å². The van der Waals surface area contributed by atoms with Gasteiger partial charge >= 0.3 is 6.36 Å². The summed E-state index contributed by atoms with van der Waals surface area (Å²) in [5.41, 5.74) is 0.311. The molecule has 148 valence electrons. The van der Waals surface area contributed by atoms with Crippen molar-refractivity contribution in [1.82, 2.24) is 0 Å². The topological polar surface area (TPSA) is 9.23 Å². The van der Waals surface area contributed by atoms with Crippen LogP contribution in [-0.2, 0) is 0 Å². The monoisotopic (exact) mass is 382 g/mol. The third-order valence-corrected chi connectivity index (χ3v) is 4.93. The van der Waals surface area contributed by atoms with Gasteiger partial charge < -0.3 is 4.74 Å². The van der Waals surface area contributed by atoms with Crippen molar-refractivity contribution in [1.29, 1.82) is 0 Å². The maximum Gasteiger partial charge on any atom is 0.573 e. The zero-order valence-electron chi connectivity index (χ0n) is 15.6. The molecule has 0 aliphatic heterocycles. The zero-order chi connectivity index (χ0) is 19.7. The molecule has 1 saturated carbocycles. The van der Waals surface area contributed by atoms with Crippen LogP contribution in [0.25, 0.3) is 0 Å². The van der Waals surface area contributed by atoms with Crippen molar-refractivity contribution in [2.45, 2.75) is 64.7 Å². The zero-order valence-corrected chi connectivity index (χ0v) is 15.6. The van der Waals surface area contributed by atoms with Crippen molar-refractivity contribution >= 4 is 0 Å². The first-order valence-corrected chi connectivity index (χ1v) is 9.61. The maximum absolute atomic E-state index is 13.6. The highest BCUT2D eigenvalue weighted by Crippen LogP contribution is 2.32. The minimum Gasteiger partial charge on any atom is -0.403 e. The summed E-state index contributed by atoms with van der Waals surface area (Å²) in [6, 6.07) is 3.20. The Kier molecular flexibility index (Phi) is 8.22. The lowest BCUT2D eigenvalue weighted by Gasteiger charge is -2.26. The smallest absolute Gasteiger partial charge is 0.403 e. The van der Waals surface area contributed by atoms with Crippen LogP contribution >= 0.6 is 0 Å². The van der Waals surface area contributed by atoms with Gasteiger partial charge in [-0.3, -0.25) is 0 Å². The number of rotatable bonds is 6. The van der Waals surface area contributed by atoms with Gasteiger partial charge in [-0.15, -0.1) is 13.2 Å². The highest BCUT2D eigenvalue weighted by atomic mass is 19.4. The molecule has 1 aromatic carbocycles. The van der Waals surface area contributed by atoms with Crippen LogP contribution in [-0.4, -0.2) is 6.36 Å². The van der Waals surface area contributed by atoms with E-state index in [4.69, 9.17) is 0 Å². The predicted octanol–water partition coefficient (Wildman–Crippen LogP) is 7.02. The quantitative estimate of drug-likeness (QED) is 0.292. The maximum atomic E-state index is 13.6. The fraction of sp³-hybridized carbons (Fsp3) is 0.545. The number of unbranched alkanes of at least 4 members (excludes halogenated alkanes) is 2. The van der Waals surface area contributed by atoms with Gasteiger partial charge in [0.1, 0.15) is 0 Å². The first-order valence-electron chi connectivity index (χ1n) is 9.61. The van der Waals surface area contributed by atoms with E-state index in [0.717, 1.165) is 18.1 Å². The Morgan fingerprint density at radius 2 is 1.89 bits per heavy atom. The van der Waals surface area contributed by atoms with Gasteiger partial charge in [-0.05, 0) is 61.8 Å². The normalized spacial score (nSPS) is 20.3. The molecule has 0 atom stereocenters. The second-order valence-corrected chi connectivity index (χ2v) is 7.10. The summed E-state index contributed by atoms with van der Waals surface area (Å²) >= 11 is 0. The average molecular weight is 382 g/mol. The molecule has 0 heterocycles. The molecule has 27 heavy (non-hydrogen) atoms. The van der Waals surface area contributed by atoms with Crippen LogP contribution in [0.5, 0.6) is 5.75 Å². The van der Waals surface area contributed by atoms with Crippen LogP contribution in [0.15, 0.2) is 30.4 Å². The number of halogens is 4. The van der Waals surface area contributed by atoms with E-state index in [0.29, 0.717) is 11.5 Å². The second-order valence-electron chi connectivity index (χ2n) is 7.10. The Morgan fingerprint density at radius 3 is 2.52 bits per heavy atom. The first-order chi connectivity index (χ1) is 12.9. The van der Waals surface area contributed by atoms with Gasteiger partial charge in [-0.1, -0.05) is 50.5 Å². The highest BCUT2D eigenvalue weighted by Gasteiger charge is 2.32. The molecule has 0 spiro atoms. The van der Waals surface area contributed by atoms with E-state index in [-0.39, 0.29) is 0 Å². The van der Waals surface area contributed by atoms with E-state index >= 15 is 0 Å². The van der Waals surface area contributed by atoms with Crippen molar-refractivity contribution in [2.75, 3.05) is 0 Å². The third-order valence-electron chi connectivity index (χ3n) is 4.93. The van der Waals surface area contributed by atoms with Crippen LogP contribution in [0.4, 0.5) is 17.6 Å². The first kappa shape index (κ1) is 21.3. The van der Waals surface area contributed by atoms with E-state index in [9.17, 15) is 17.6 Å². The van der Waals surface area contributed by atoms with Crippen molar-refractivity contribution in [3.05, 3.63) is 41.7 Å². The standard InChI is InChI=1S/C22H26F4O/c1-2-3-4-7-17-10-12-18(13-11-17)8-5-6-9-19-14-15-21(20(23)16-19)27-22(24,25)26/h5,8,14-18H,2-4,7,10-13H2,1H3/t17-,18-. The Bertz CT molecular complexity index is 674. The van der Waals surface area contributed by atoms with Crippen molar-refractivity contribution < 1.29 is 22.3 Å². The van der Waals surface area contributed by atoms with Gasteiger partial charge in [0.2, 0.25) is 0 Å². The predicted molar refractivity (Wildman–Crippen MR) is 98.7 cm³/mol. The van der Waals surface area contributed by atoms with Crippen LogP contribution < -0.4 is 4.74 Å². The van der Waals surface area contributed by atoms with E-state index in [1.54, 1.807) is 6.08 Å². The molecule has 0 N–H and O–H groups in total. The van der Waals surface area contributed by atoms with E-state index < -0.39 is 17.9 Å². The number of allylic oxidation sites excluding steroid dienone is 2. The summed E-state index contributed by atoms with van der Waals surface area (Å²) < 4.78 is 53.6. The van der Waals surface area contributed by atoms with E-state index in [1.165, 1.54) is 57.4 Å². The van der Waals surface area contributed by atoms with Crippen LogP contribution in [0.3, 0.4) is 0 Å². The minimum atomic E-state index is -4.91. The highest BCUT2D eigenvalue weighted by molar-refractivity contribution is 5.41. The molecule has 0 radical (unpaired) electrons. The summed E-state index contributed by atoms with van der Waals surface area (Å²) in [6.07, 6.45) is 9.06. The molecule has 1 aliphatic carbocycles. The van der Waals surface area contributed by atoms with Gasteiger partial charge in [0.05, 0.1) is 0 Å². The van der Waals surface area contributed by atoms with E-state index in [1.807, 2.05) is 0 Å². The summed E-state index contributed by atoms with van der Waals surface area (Å²) in [7, 11) is 0. The van der Waals surface area contributed by atoms with Gasteiger partial charge in [-0.2, -0.15) is 0 Å². The minimum absolute atomic E-state index is 0.311. The van der Waals surface area contributed by atoms with Crippen LogP contribution in [0, 0.1) is 29.5 Å². The molecule has 1 aromatic rings. The Labute approximate surface area is 158 Å². The largest absolute Gasteiger partial charge is 0.573 e. The molecule has 5 heteroatoms. The number of ether oxygens (including phenoxy) is 1. The molecule has 0 bridgehead atoms. The molecular formula is C22H26F4O. The number of hydrogen-bond donors (Lipinski definition) is 0. The fourth-order valence-electron chi connectivity index (χ4n) is 3.45. The summed E-state index contributed by atoms with van der Waals surface area (Å²) in [4.78, 5) is 0. The number of benzene rings is 1. The molecule has 0 unspecified atom stereocenters. The lowest BCUT2D eigenvalue weighted by Crippen LogP contribution is -2.17. The Balaban J connectivity index is 1.81. The van der Waals surface area contributed by atoms with Gasteiger partial charge in [-0.25, -0.2) is 4.39 Å². The molecule has 0 aromatic heterocycles. The fourth-order valence-corrected chi connectivity index (χ4v) is 3.45. The molecular weight excluding hydrogens is 356 g/mol. The Hall–Kier alpha value is -1.96. The number of hydrogen-bond acceptors (Lipinski definition) is 1. The second kappa shape index (κ2) is 10.4. The molecule has 0 saturated heterocycles. The molecule has 2 rings (SSSR count). The molecule has 1 aliphatic rings. The van der Waals surface area contributed by atoms with Gasteiger partial charge in [0.25, 0.3) is 0 Å².